The van der Waals surface area contributed by atoms with Crippen LogP contribution in [0.4, 0.5) is 0 Å². The first-order valence-corrected chi connectivity index (χ1v) is 9.91. The molecule has 2 aliphatic heterocycles. The highest BCUT2D eigenvalue weighted by atomic mass is 16.5. The number of hydrogen-bond donors (Lipinski definition) is 0. The summed E-state index contributed by atoms with van der Waals surface area (Å²) in [5, 5.41) is 0. The molecule has 3 rings (SSSR count). The normalized spacial score (nSPS) is 21.9. The first kappa shape index (κ1) is 18.4. The van der Waals surface area contributed by atoms with Gasteiger partial charge in [-0.1, -0.05) is 18.6 Å². The van der Waals surface area contributed by atoms with Crippen LogP contribution in [0, 0.1) is 0 Å². The van der Waals surface area contributed by atoms with E-state index in [1.165, 1.54) is 50.8 Å². The molecule has 2 fully saturated rings. The third-order valence-corrected chi connectivity index (χ3v) is 5.46. The van der Waals surface area contributed by atoms with Crippen LogP contribution in [-0.4, -0.2) is 55.1 Å². The fourth-order valence-electron chi connectivity index (χ4n) is 3.82. The van der Waals surface area contributed by atoms with Crippen LogP contribution in [0.1, 0.15) is 60.9 Å². The molecule has 1 atom stereocenters. The molecule has 2 saturated heterocycles. The van der Waals surface area contributed by atoms with Gasteiger partial charge >= 0.3 is 0 Å². The summed E-state index contributed by atoms with van der Waals surface area (Å²) < 4.78 is 5.76. The Kier molecular flexibility index (Phi) is 6.88. The van der Waals surface area contributed by atoms with Crippen molar-refractivity contribution < 1.29 is 9.53 Å². The van der Waals surface area contributed by atoms with E-state index in [4.69, 9.17) is 4.74 Å². The van der Waals surface area contributed by atoms with E-state index in [-0.39, 0.29) is 5.91 Å². The molecule has 0 spiro atoms. The van der Waals surface area contributed by atoms with Crippen molar-refractivity contribution in [3.63, 3.8) is 0 Å². The summed E-state index contributed by atoms with van der Waals surface area (Å²) >= 11 is 0. The molecule has 0 radical (unpaired) electrons. The zero-order valence-corrected chi connectivity index (χ0v) is 15.6. The quantitative estimate of drug-likeness (QED) is 0.789. The molecule has 138 valence electrons. The number of hydrogen-bond acceptors (Lipinski definition) is 3. The van der Waals surface area contributed by atoms with Gasteiger partial charge in [0.2, 0.25) is 0 Å². The molecule has 0 aliphatic carbocycles. The van der Waals surface area contributed by atoms with Gasteiger partial charge in [-0.3, -0.25) is 9.69 Å². The van der Waals surface area contributed by atoms with Crippen LogP contribution in [0.25, 0.3) is 0 Å². The van der Waals surface area contributed by atoms with Crippen LogP contribution in [0.15, 0.2) is 24.3 Å². The lowest BCUT2D eigenvalue weighted by molar-refractivity contribution is 0.00709. The van der Waals surface area contributed by atoms with Gasteiger partial charge in [0.15, 0.2) is 0 Å². The highest BCUT2D eigenvalue weighted by Crippen LogP contribution is 2.17. The molecule has 4 heteroatoms. The first-order chi connectivity index (χ1) is 12.2. The van der Waals surface area contributed by atoms with Crippen LogP contribution in [-0.2, 0) is 11.3 Å². The maximum atomic E-state index is 12.6. The number of amides is 1. The van der Waals surface area contributed by atoms with Gasteiger partial charge in [0, 0.05) is 32.3 Å². The topological polar surface area (TPSA) is 32.8 Å². The number of carbonyl (C=O) groups excluding carboxylic acids is 1. The average molecular weight is 344 g/mol. The van der Waals surface area contributed by atoms with Gasteiger partial charge in [-0.15, -0.1) is 0 Å². The lowest BCUT2D eigenvalue weighted by atomic mass is 10.1. The molecule has 25 heavy (non-hydrogen) atoms. The van der Waals surface area contributed by atoms with E-state index in [0.29, 0.717) is 6.10 Å². The molecule has 2 aliphatic rings. The second-order valence-corrected chi connectivity index (χ2v) is 7.54. The summed E-state index contributed by atoms with van der Waals surface area (Å²) in [5.41, 5.74) is 2.09. The Morgan fingerprint density at radius 2 is 1.88 bits per heavy atom. The fraction of sp³-hybridized carbons (Fsp3) is 0.667. The maximum absolute atomic E-state index is 12.6. The van der Waals surface area contributed by atoms with E-state index in [9.17, 15) is 4.79 Å². The van der Waals surface area contributed by atoms with Gasteiger partial charge < -0.3 is 9.64 Å². The highest BCUT2D eigenvalue weighted by molar-refractivity contribution is 5.94. The van der Waals surface area contributed by atoms with Gasteiger partial charge in [0.05, 0.1) is 6.10 Å². The number of benzene rings is 1. The van der Waals surface area contributed by atoms with E-state index < -0.39 is 0 Å². The van der Waals surface area contributed by atoms with Crippen molar-refractivity contribution in [2.45, 2.75) is 57.6 Å². The molecule has 0 N–H and O–H groups in total. The molecule has 2 heterocycles. The third-order valence-electron chi connectivity index (χ3n) is 5.46. The van der Waals surface area contributed by atoms with Crippen molar-refractivity contribution in [1.82, 2.24) is 9.80 Å². The van der Waals surface area contributed by atoms with Crippen molar-refractivity contribution in [2.24, 2.45) is 0 Å². The number of likely N-dealkylation sites (tertiary alicyclic amines) is 1. The van der Waals surface area contributed by atoms with Crippen LogP contribution in [0.3, 0.4) is 0 Å². The second kappa shape index (κ2) is 9.35. The minimum Gasteiger partial charge on any atom is -0.378 e. The van der Waals surface area contributed by atoms with Crippen molar-refractivity contribution in [2.75, 3.05) is 33.3 Å². The molecule has 1 aromatic rings. The number of piperidine rings is 1. The molecule has 1 unspecified atom stereocenters. The van der Waals surface area contributed by atoms with Crippen LogP contribution >= 0.6 is 0 Å². The Hall–Kier alpha value is -1.39. The van der Waals surface area contributed by atoms with Gasteiger partial charge in [-0.05, 0) is 69.3 Å². The van der Waals surface area contributed by atoms with Gasteiger partial charge in [-0.2, -0.15) is 0 Å². The summed E-state index contributed by atoms with van der Waals surface area (Å²) in [4.78, 5) is 16.9. The number of rotatable bonds is 6. The average Bonchev–Trinajstić information content (AvgIpc) is 2.68. The number of ether oxygens (including phenoxy) is 1. The Labute approximate surface area is 152 Å². The molecule has 0 aromatic heterocycles. The predicted octanol–water partition coefficient (Wildman–Crippen LogP) is 3.70. The van der Waals surface area contributed by atoms with Crippen LogP contribution in [0.5, 0.6) is 0 Å². The SMILES string of the molecule is CN(CCC1CCCCO1)C(=O)c1ccc(CN2CCCCC2)cc1. The minimum absolute atomic E-state index is 0.111. The molecule has 0 bridgehead atoms. The fourth-order valence-corrected chi connectivity index (χ4v) is 3.82. The zero-order chi connectivity index (χ0) is 17.5. The summed E-state index contributed by atoms with van der Waals surface area (Å²) in [6.07, 6.45) is 8.81. The zero-order valence-electron chi connectivity index (χ0n) is 15.6. The Balaban J connectivity index is 1.47. The number of nitrogens with zero attached hydrogens (tertiary/aromatic N) is 2. The predicted molar refractivity (Wildman–Crippen MR) is 101 cm³/mol. The highest BCUT2D eigenvalue weighted by Gasteiger charge is 2.17. The molecule has 1 amide bonds. The number of carbonyl (C=O) groups is 1. The second-order valence-electron chi connectivity index (χ2n) is 7.54. The van der Waals surface area contributed by atoms with E-state index in [2.05, 4.69) is 17.0 Å². The van der Waals surface area contributed by atoms with Crippen LogP contribution in [0.2, 0.25) is 0 Å². The van der Waals surface area contributed by atoms with Gasteiger partial charge in [0.1, 0.15) is 0 Å². The summed E-state index contributed by atoms with van der Waals surface area (Å²) in [5.74, 6) is 0.111. The van der Waals surface area contributed by atoms with E-state index >= 15 is 0 Å². The van der Waals surface area contributed by atoms with E-state index in [0.717, 1.165) is 38.1 Å². The molecule has 1 aromatic carbocycles. The Bertz CT molecular complexity index is 531. The van der Waals surface area contributed by atoms with Crippen molar-refractivity contribution in [1.29, 1.82) is 0 Å². The smallest absolute Gasteiger partial charge is 0.253 e. The Morgan fingerprint density at radius 1 is 1.12 bits per heavy atom. The molecule has 4 nitrogen and oxygen atoms in total. The van der Waals surface area contributed by atoms with Gasteiger partial charge in [0.25, 0.3) is 5.91 Å². The van der Waals surface area contributed by atoms with Gasteiger partial charge in [-0.25, -0.2) is 0 Å². The largest absolute Gasteiger partial charge is 0.378 e. The molecule has 0 saturated carbocycles. The summed E-state index contributed by atoms with van der Waals surface area (Å²) in [6, 6.07) is 8.18. The Morgan fingerprint density at radius 3 is 2.56 bits per heavy atom. The van der Waals surface area contributed by atoms with E-state index in [1.807, 2.05) is 24.1 Å². The first-order valence-electron chi connectivity index (χ1n) is 9.91. The third kappa shape index (κ3) is 5.55. The lowest BCUT2D eigenvalue weighted by Gasteiger charge is -2.26. The van der Waals surface area contributed by atoms with E-state index in [1.54, 1.807) is 0 Å². The summed E-state index contributed by atoms with van der Waals surface area (Å²) in [7, 11) is 1.90. The minimum atomic E-state index is 0.111. The van der Waals surface area contributed by atoms with Crippen molar-refractivity contribution in [3.8, 4) is 0 Å². The monoisotopic (exact) mass is 344 g/mol. The van der Waals surface area contributed by atoms with Crippen molar-refractivity contribution in [3.05, 3.63) is 35.4 Å². The maximum Gasteiger partial charge on any atom is 0.253 e. The molecular weight excluding hydrogens is 312 g/mol. The standard InChI is InChI=1S/C21H32N2O2/c1-22(15-12-20-7-3-6-16-25-20)21(24)19-10-8-18(9-11-19)17-23-13-4-2-5-14-23/h8-11,20H,2-7,12-17H2,1H3. The van der Waals surface area contributed by atoms with Crippen molar-refractivity contribution >= 4 is 5.91 Å². The molecular formula is C21H32N2O2. The van der Waals surface area contributed by atoms with Crippen LogP contribution < -0.4 is 0 Å². The lowest BCUT2D eigenvalue weighted by Crippen LogP contribution is -2.31. The summed E-state index contributed by atoms with van der Waals surface area (Å²) in [6.45, 7) is 5.04.